The number of carbonyl (C=O) groups excluding carboxylic acids is 1. The molecule has 7 nitrogen and oxygen atoms in total. The van der Waals surface area contributed by atoms with Crippen molar-refractivity contribution >= 4 is 11.9 Å². The zero-order valence-electron chi connectivity index (χ0n) is 12.3. The third-order valence-electron chi connectivity index (χ3n) is 3.76. The van der Waals surface area contributed by atoms with E-state index in [2.05, 4.69) is 0 Å². The Morgan fingerprint density at radius 1 is 1.23 bits per heavy atom. The maximum atomic E-state index is 12.1. The maximum absolute atomic E-state index is 12.1. The van der Waals surface area contributed by atoms with Crippen molar-refractivity contribution in [2.24, 2.45) is 0 Å². The van der Waals surface area contributed by atoms with E-state index in [0.717, 1.165) is 0 Å². The lowest BCUT2D eigenvalue weighted by Gasteiger charge is -2.35. The van der Waals surface area contributed by atoms with Gasteiger partial charge in [-0.15, -0.1) is 0 Å². The smallest absolute Gasteiger partial charge is 0.335 e. The van der Waals surface area contributed by atoms with Gasteiger partial charge in [-0.2, -0.15) is 0 Å². The molecule has 1 heterocycles. The summed E-state index contributed by atoms with van der Waals surface area (Å²) in [5.74, 6) is -0.491. The van der Waals surface area contributed by atoms with E-state index in [9.17, 15) is 14.7 Å². The van der Waals surface area contributed by atoms with Gasteiger partial charge in [-0.25, -0.2) is 4.79 Å². The number of hydrogen-bond acceptors (Lipinski definition) is 5. The normalized spacial score (nSPS) is 16.9. The molecule has 120 valence electrons. The second-order valence-electron chi connectivity index (χ2n) is 5.16. The van der Waals surface area contributed by atoms with E-state index < -0.39 is 11.6 Å². The first kappa shape index (κ1) is 16.1. The standard InChI is InChI=1S/C15H19NO6/c1-21-11-4-2-3-5-12(11)22-10-13(17)16-8-6-15(20,7-9-16)14(18)19/h2-5,20H,6-10H2,1H3,(H,18,19). The average Bonchev–Trinajstić information content (AvgIpc) is 2.53. The van der Waals surface area contributed by atoms with E-state index in [1.165, 1.54) is 12.0 Å². The van der Waals surface area contributed by atoms with Gasteiger partial charge in [0.1, 0.15) is 0 Å². The number of piperidine rings is 1. The summed E-state index contributed by atoms with van der Waals surface area (Å²) in [4.78, 5) is 24.5. The highest BCUT2D eigenvalue weighted by atomic mass is 16.5. The molecule has 1 aromatic rings. The molecule has 22 heavy (non-hydrogen) atoms. The highest BCUT2D eigenvalue weighted by Crippen LogP contribution is 2.26. The van der Waals surface area contributed by atoms with Crippen molar-refractivity contribution in [1.82, 2.24) is 4.90 Å². The van der Waals surface area contributed by atoms with E-state index in [1.807, 2.05) is 0 Å². The number of rotatable bonds is 5. The van der Waals surface area contributed by atoms with Crippen LogP contribution in [0.5, 0.6) is 11.5 Å². The van der Waals surface area contributed by atoms with E-state index >= 15 is 0 Å². The molecule has 0 bridgehead atoms. The Kier molecular flexibility index (Phi) is 4.87. The fraction of sp³-hybridized carbons (Fsp3) is 0.467. The molecule has 0 radical (unpaired) electrons. The SMILES string of the molecule is COc1ccccc1OCC(=O)N1CCC(O)(C(=O)O)CC1. The molecule has 0 atom stereocenters. The molecular weight excluding hydrogens is 290 g/mol. The van der Waals surface area contributed by atoms with E-state index in [4.69, 9.17) is 14.6 Å². The van der Waals surface area contributed by atoms with Gasteiger partial charge in [0, 0.05) is 25.9 Å². The molecule has 0 unspecified atom stereocenters. The first-order valence-corrected chi connectivity index (χ1v) is 6.95. The van der Waals surface area contributed by atoms with Gasteiger partial charge < -0.3 is 24.6 Å². The predicted molar refractivity (Wildman–Crippen MR) is 76.9 cm³/mol. The summed E-state index contributed by atoms with van der Waals surface area (Å²) in [6, 6.07) is 7.00. The molecule has 2 rings (SSSR count). The molecule has 0 spiro atoms. The summed E-state index contributed by atoms with van der Waals surface area (Å²) in [6.07, 6.45) is 0.0332. The Morgan fingerprint density at radius 2 is 1.82 bits per heavy atom. The second-order valence-corrected chi connectivity index (χ2v) is 5.16. The van der Waals surface area contributed by atoms with Gasteiger partial charge in [0.15, 0.2) is 23.7 Å². The van der Waals surface area contributed by atoms with Gasteiger partial charge in [-0.05, 0) is 12.1 Å². The molecule has 0 aliphatic carbocycles. The van der Waals surface area contributed by atoms with Crippen LogP contribution in [0.1, 0.15) is 12.8 Å². The molecule has 7 heteroatoms. The van der Waals surface area contributed by atoms with Crippen LogP contribution in [-0.2, 0) is 9.59 Å². The highest BCUT2D eigenvalue weighted by Gasteiger charge is 2.40. The number of amides is 1. The minimum Gasteiger partial charge on any atom is -0.493 e. The van der Waals surface area contributed by atoms with Crippen LogP contribution in [0.4, 0.5) is 0 Å². The summed E-state index contributed by atoms with van der Waals surface area (Å²) in [6.45, 7) is 0.222. The molecule has 1 amide bonds. The van der Waals surface area contributed by atoms with Gasteiger partial charge in [0.25, 0.3) is 5.91 Å². The quantitative estimate of drug-likeness (QED) is 0.823. The highest BCUT2D eigenvalue weighted by molar-refractivity contribution is 5.80. The first-order chi connectivity index (χ1) is 10.5. The lowest BCUT2D eigenvalue weighted by atomic mass is 9.92. The van der Waals surface area contributed by atoms with Crippen LogP contribution in [0, 0.1) is 0 Å². The average molecular weight is 309 g/mol. The molecule has 1 aromatic carbocycles. The van der Waals surface area contributed by atoms with Crippen molar-refractivity contribution in [3.8, 4) is 11.5 Å². The van der Waals surface area contributed by atoms with Crippen LogP contribution in [-0.4, -0.2) is 59.4 Å². The molecule has 1 saturated heterocycles. The number of methoxy groups -OCH3 is 1. The largest absolute Gasteiger partial charge is 0.493 e. The molecule has 1 fully saturated rings. The van der Waals surface area contributed by atoms with E-state index in [1.54, 1.807) is 24.3 Å². The Balaban J connectivity index is 1.88. The number of benzene rings is 1. The van der Waals surface area contributed by atoms with Crippen LogP contribution < -0.4 is 9.47 Å². The third kappa shape index (κ3) is 3.48. The number of hydrogen-bond donors (Lipinski definition) is 2. The van der Waals surface area contributed by atoms with Crippen LogP contribution in [0.15, 0.2) is 24.3 Å². The minimum absolute atomic E-state index is 0.0166. The number of ether oxygens (including phenoxy) is 2. The van der Waals surface area contributed by atoms with Crippen molar-refractivity contribution in [3.63, 3.8) is 0 Å². The number of carboxylic acid groups (broad SMARTS) is 1. The summed E-state index contributed by atoms with van der Waals surface area (Å²) in [5.41, 5.74) is -1.74. The number of aliphatic carboxylic acids is 1. The number of para-hydroxylation sites is 2. The summed E-state index contributed by atoms with van der Waals surface area (Å²) in [7, 11) is 1.52. The van der Waals surface area contributed by atoms with Crippen LogP contribution in [0.25, 0.3) is 0 Å². The first-order valence-electron chi connectivity index (χ1n) is 6.95. The maximum Gasteiger partial charge on any atom is 0.335 e. The topological polar surface area (TPSA) is 96.3 Å². The summed E-state index contributed by atoms with van der Waals surface area (Å²) >= 11 is 0. The van der Waals surface area contributed by atoms with Crippen LogP contribution in [0.3, 0.4) is 0 Å². The second kappa shape index (κ2) is 6.65. The number of aliphatic hydroxyl groups is 1. The van der Waals surface area contributed by atoms with Gasteiger partial charge >= 0.3 is 5.97 Å². The fourth-order valence-corrected chi connectivity index (χ4v) is 2.31. The molecule has 0 aromatic heterocycles. The van der Waals surface area contributed by atoms with E-state index in [0.29, 0.717) is 11.5 Å². The van der Waals surface area contributed by atoms with Gasteiger partial charge in [0.2, 0.25) is 0 Å². The zero-order valence-corrected chi connectivity index (χ0v) is 12.3. The fourth-order valence-electron chi connectivity index (χ4n) is 2.31. The molecule has 2 N–H and O–H groups in total. The minimum atomic E-state index is -1.74. The Hall–Kier alpha value is -2.28. The number of likely N-dealkylation sites (tertiary alicyclic amines) is 1. The molecule has 1 aliphatic heterocycles. The Bertz CT molecular complexity index is 551. The van der Waals surface area contributed by atoms with Crippen molar-refractivity contribution in [1.29, 1.82) is 0 Å². The number of nitrogens with zero attached hydrogens (tertiary/aromatic N) is 1. The molecule has 1 aliphatic rings. The monoisotopic (exact) mass is 309 g/mol. The lowest BCUT2D eigenvalue weighted by Crippen LogP contribution is -2.51. The van der Waals surface area contributed by atoms with Crippen LogP contribution in [0.2, 0.25) is 0 Å². The molecular formula is C15H19NO6. The van der Waals surface area contributed by atoms with Gasteiger partial charge in [-0.1, -0.05) is 12.1 Å². The van der Waals surface area contributed by atoms with Crippen molar-refractivity contribution in [2.75, 3.05) is 26.8 Å². The van der Waals surface area contributed by atoms with Crippen molar-refractivity contribution in [2.45, 2.75) is 18.4 Å². The number of carbonyl (C=O) groups is 2. The van der Waals surface area contributed by atoms with Gasteiger partial charge in [0.05, 0.1) is 7.11 Å². The summed E-state index contributed by atoms with van der Waals surface area (Å²) < 4.78 is 10.6. The van der Waals surface area contributed by atoms with E-state index in [-0.39, 0.29) is 38.4 Å². The Labute approximate surface area is 128 Å². The summed E-state index contributed by atoms with van der Waals surface area (Å²) in [5, 5.41) is 18.8. The predicted octanol–water partition coefficient (Wildman–Crippen LogP) is 0.512. The number of carboxylic acids is 1. The van der Waals surface area contributed by atoms with Crippen LogP contribution >= 0.6 is 0 Å². The lowest BCUT2D eigenvalue weighted by molar-refractivity contribution is -0.165. The van der Waals surface area contributed by atoms with Crippen molar-refractivity contribution in [3.05, 3.63) is 24.3 Å². The third-order valence-corrected chi connectivity index (χ3v) is 3.76. The molecule has 0 saturated carbocycles. The van der Waals surface area contributed by atoms with Gasteiger partial charge in [-0.3, -0.25) is 4.79 Å². The van der Waals surface area contributed by atoms with Crippen molar-refractivity contribution < 1.29 is 29.3 Å². The Morgan fingerprint density at radius 3 is 2.36 bits per heavy atom. The zero-order chi connectivity index (χ0) is 16.2.